The lowest BCUT2D eigenvalue weighted by Crippen LogP contribution is -2.70. The summed E-state index contributed by atoms with van der Waals surface area (Å²) in [7, 11) is 0. The number of nitrogens with two attached hydrogens (primary N) is 2. The molecular weight excluding hydrogens is 298 g/mol. The molecule has 0 radical (unpaired) electrons. The number of primary amides is 1. The van der Waals surface area contributed by atoms with Crippen LogP contribution in [-0.2, 0) is 16.9 Å². The van der Waals surface area contributed by atoms with E-state index in [1.165, 1.54) is 5.56 Å². The summed E-state index contributed by atoms with van der Waals surface area (Å²) >= 11 is 0. The normalized spacial score (nSPS) is 20.8. The molecule has 4 heteroatoms. The van der Waals surface area contributed by atoms with Crippen molar-refractivity contribution in [2.24, 2.45) is 16.9 Å². The van der Waals surface area contributed by atoms with Gasteiger partial charge in [-0.05, 0) is 36.5 Å². The maximum atomic E-state index is 12.5. The number of carbonyl (C=O) groups excluding carboxylic acids is 1. The molecule has 2 aliphatic rings. The number of carbonyl (C=O) groups is 1. The summed E-state index contributed by atoms with van der Waals surface area (Å²) in [5, 5.41) is 0. The molecule has 1 unspecified atom stereocenters. The monoisotopic (exact) mass is 321 g/mol. The summed E-state index contributed by atoms with van der Waals surface area (Å²) in [5.41, 5.74) is 14.7. The Morgan fingerprint density at radius 2 is 1.71 bits per heavy atom. The molecule has 24 heavy (non-hydrogen) atoms. The number of hydrogen-bond acceptors (Lipinski definition) is 3. The minimum atomic E-state index is -0.912. The SMILES string of the molecule is NC(=O)C1(C(N)(c2ccccc2)N2CCc3ccccc32)CCC1. The van der Waals surface area contributed by atoms with Gasteiger partial charge in [0, 0.05) is 12.2 Å². The van der Waals surface area contributed by atoms with Crippen molar-refractivity contribution < 1.29 is 4.79 Å². The number of amides is 1. The van der Waals surface area contributed by atoms with Crippen LogP contribution >= 0.6 is 0 Å². The highest BCUT2D eigenvalue weighted by Crippen LogP contribution is 2.55. The second kappa shape index (κ2) is 5.35. The van der Waals surface area contributed by atoms with Gasteiger partial charge in [-0.25, -0.2) is 0 Å². The maximum Gasteiger partial charge on any atom is 0.227 e. The molecule has 4 N–H and O–H groups in total. The Kier molecular flexibility index (Phi) is 3.39. The summed E-state index contributed by atoms with van der Waals surface area (Å²) < 4.78 is 0. The molecule has 1 fully saturated rings. The zero-order chi connectivity index (χ0) is 16.8. The van der Waals surface area contributed by atoms with Gasteiger partial charge < -0.3 is 16.4 Å². The van der Waals surface area contributed by atoms with Crippen molar-refractivity contribution in [2.45, 2.75) is 31.3 Å². The summed E-state index contributed by atoms with van der Waals surface area (Å²) in [6, 6.07) is 18.3. The predicted octanol–water partition coefficient (Wildman–Crippen LogP) is 2.52. The van der Waals surface area contributed by atoms with E-state index in [2.05, 4.69) is 23.1 Å². The Morgan fingerprint density at radius 1 is 1.04 bits per heavy atom. The highest BCUT2D eigenvalue weighted by Gasteiger charge is 2.61. The first kappa shape index (κ1) is 15.2. The van der Waals surface area contributed by atoms with Gasteiger partial charge in [-0.2, -0.15) is 0 Å². The number of anilines is 1. The van der Waals surface area contributed by atoms with E-state index in [9.17, 15) is 4.79 Å². The largest absolute Gasteiger partial charge is 0.369 e. The molecule has 0 bridgehead atoms. The van der Waals surface area contributed by atoms with Gasteiger partial charge in [0.1, 0.15) is 5.66 Å². The fourth-order valence-corrected chi connectivity index (χ4v) is 4.43. The summed E-state index contributed by atoms with van der Waals surface area (Å²) in [6.45, 7) is 0.805. The van der Waals surface area contributed by atoms with E-state index in [1.54, 1.807) is 0 Å². The van der Waals surface area contributed by atoms with Crippen molar-refractivity contribution >= 4 is 11.6 Å². The molecule has 1 aliphatic heterocycles. The van der Waals surface area contributed by atoms with Gasteiger partial charge in [-0.3, -0.25) is 4.79 Å². The summed E-state index contributed by atoms with van der Waals surface area (Å²) in [4.78, 5) is 14.7. The average Bonchev–Trinajstić information content (AvgIpc) is 2.98. The van der Waals surface area contributed by atoms with Crippen LogP contribution in [0.5, 0.6) is 0 Å². The van der Waals surface area contributed by atoms with Gasteiger partial charge in [0.2, 0.25) is 5.91 Å². The Balaban J connectivity index is 1.91. The fraction of sp³-hybridized carbons (Fsp3) is 0.350. The quantitative estimate of drug-likeness (QED) is 0.909. The average molecular weight is 321 g/mol. The van der Waals surface area contributed by atoms with Crippen LogP contribution in [0.4, 0.5) is 5.69 Å². The molecule has 2 aromatic carbocycles. The van der Waals surface area contributed by atoms with E-state index >= 15 is 0 Å². The Hall–Kier alpha value is -2.33. The van der Waals surface area contributed by atoms with Gasteiger partial charge >= 0.3 is 0 Å². The van der Waals surface area contributed by atoms with E-state index in [-0.39, 0.29) is 5.91 Å². The van der Waals surface area contributed by atoms with Crippen molar-refractivity contribution in [3.63, 3.8) is 0 Å². The number of para-hydroxylation sites is 1. The topological polar surface area (TPSA) is 72.3 Å². The van der Waals surface area contributed by atoms with Gasteiger partial charge in [0.25, 0.3) is 0 Å². The Morgan fingerprint density at radius 3 is 2.33 bits per heavy atom. The van der Waals surface area contributed by atoms with Gasteiger partial charge in [0.05, 0.1) is 5.41 Å². The zero-order valence-corrected chi connectivity index (χ0v) is 13.7. The lowest BCUT2D eigenvalue weighted by Gasteiger charge is -2.56. The first-order valence-electron chi connectivity index (χ1n) is 8.59. The number of rotatable bonds is 4. The van der Waals surface area contributed by atoms with Crippen LogP contribution < -0.4 is 16.4 Å². The third-order valence-electron chi connectivity index (χ3n) is 5.94. The van der Waals surface area contributed by atoms with Crippen molar-refractivity contribution in [3.05, 3.63) is 65.7 Å². The van der Waals surface area contributed by atoms with Crippen LogP contribution in [0.2, 0.25) is 0 Å². The number of benzene rings is 2. The Labute approximate surface area is 142 Å². The van der Waals surface area contributed by atoms with Crippen molar-refractivity contribution in [1.29, 1.82) is 0 Å². The second-order valence-electron chi connectivity index (χ2n) is 6.96. The van der Waals surface area contributed by atoms with Crippen LogP contribution in [-0.4, -0.2) is 12.5 Å². The zero-order valence-electron chi connectivity index (χ0n) is 13.7. The third kappa shape index (κ3) is 1.86. The maximum absolute atomic E-state index is 12.5. The van der Waals surface area contributed by atoms with Gasteiger partial charge in [-0.15, -0.1) is 0 Å². The minimum absolute atomic E-state index is 0.288. The van der Waals surface area contributed by atoms with Crippen molar-refractivity contribution in [2.75, 3.05) is 11.4 Å². The first-order chi connectivity index (χ1) is 11.6. The molecule has 1 saturated carbocycles. The number of nitrogens with zero attached hydrogens (tertiary/aromatic N) is 1. The number of fused-ring (bicyclic) bond motifs is 1. The predicted molar refractivity (Wildman–Crippen MR) is 95.3 cm³/mol. The molecular formula is C20H23N3O. The second-order valence-corrected chi connectivity index (χ2v) is 6.96. The molecule has 4 nitrogen and oxygen atoms in total. The molecule has 0 saturated heterocycles. The smallest absolute Gasteiger partial charge is 0.227 e. The van der Waals surface area contributed by atoms with Crippen LogP contribution in [0.25, 0.3) is 0 Å². The van der Waals surface area contributed by atoms with E-state index in [1.807, 2.05) is 36.4 Å². The van der Waals surface area contributed by atoms with Crippen molar-refractivity contribution in [1.82, 2.24) is 0 Å². The molecule has 4 rings (SSSR count). The van der Waals surface area contributed by atoms with Gasteiger partial charge in [-0.1, -0.05) is 55.0 Å². The highest BCUT2D eigenvalue weighted by molar-refractivity contribution is 5.85. The standard InChI is InChI=1S/C20H23N3O/c21-18(24)19(12-6-13-19)20(22,16-8-2-1-3-9-16)23-14-11-15-7-4-5-10-17(15)23/h1-5,7-10H,6,11-14,22H2,(H2,21,24). The lowest BCUT2D eigenvalue weighted by atomic mass is 9.57. The molecule has 1 heterocycles. The van der Waals surface area contributed by atoms with Crippen molar-refractivity contribution in [3.8, 4) is 0 Å². The highest BCUT2D eigenvalue weighted by atomic mass is 16.1. The van der Waals surface area contributed by atoms with E-state index in [0.717, 1.165) is 43.5 Å². The number of hydrogen-bond donors (Lipinski definition) is 2. The lowest BCUT2D eigenvalue weighted by molar-refractivity contribution is -0.139. The first-order valence-corrected chi connectivity index (χ1v) is 8.59. The molecule has 0 spiro atoms. The van der Waals surface area contributed by atoms with E-state index < -0.39 is 11.1 Å². The summed E-state index contributed by atoms with van der Waals surface area (Å²) in [5.74, 6) is -0.288. The molecule has 1 atom stereocenters. The molecule has 124 valence electrons. The minimum Gasteiger partial charge on any atom is -0.369 e. The van der Waals surface area contributed by atoms with Crippen LogP contribution in [0.15, 0.2) is 54.6 Å². The van der Waals surface area contributed by atoms with Crippen LogP contribution in [0.1, 0.15) is 30.4 Å². The van der Waals surface area contributed by atoms with E-state index in [4.69, 9.17) is 11.5 Å². The van der Waals surface area contributed by atoms with E-state index in [0.29, 0.717) is 0 Å². The molecule has 1 amide bonds. The van der Waals surface area contributed by atoms with Crippen LogP contribution in [0, 0.1) is 5.41 Å². The fourth-order valence-electron chi connectivity index (χ4n) is 4.43. The Bertz CT molecular complexity index is 769. The molecule has 2 aromatic rings. The van der Waals surface area contributed by atoms with Crippen LogP contribution in [0.3, 0.4) is 0 Å². The van der Waals surface area contributed by atoms with Gasteiger partial charge in [0.15, 0.2) is 0 Å². The molecule has 1 aliphatic carbocycles. The molecule has 0 aromatic heterocycles. The summed E-state index contributed by atoms with van der Waals surface area (Å²) in [6.07, 6.45) is 3.42. The third-order valence-corrected chi connectivity index (χ3v) is 5.94.